The van der Waals surface area contributed by atoms with Crippen LogP contribution in [0.4, 0.5) is 0 Å². The van der Waals surface area contributed by atoms with Gasteiger partial charge in [0, 0.05) is 37.7 Å². The van der Waals surface area contributed by atoms with Crippen LogP contribution in [0.1, 0.15) is 0 Å². The van der Waals surface area contributed by atoms with Crippen LogP contribution in [0.2, 0.25) is 0 Å². The van der Waals surface area contributed by atoms with Crippen LogP contribution in [0.15, 0.2) is 162 Å². The number of hydrogen-bond acceptors (Lipinski definition) is 6. The molecule has 0 aliphatic heterocycles. The molecule has 0 unspecified atom stereocenters. The number of nitrogens with zero attached hydrogens (tertiary/aromatic N) is 4. The van der Waals surface area contributed by atoms with Crippen LogP contribution in [0.5, 0.6) is 0 Å². The van der Waals surface area contributed by atoms with Crippen LogP contribution in [0.25, 0.3) is 98.8 Å². The molecule has 50 heavy (non-hydrogen) atoms. The molecule has 10 rings (SSSR count). The first-order chi connectivity index (χ1) is 24.8. The van der Waals surface area contributed by atoms with E-state index in [-0.39, 0.29) is 0 Å². The molecular formula is C44H26N4OS. The number of benzene rings is 7. The Morgan fingerprint density at radius 1 is 0.440 bits per heavy atom. The normalized spacial score (nSPS) is 11.6. The van der Waals surface area contributed by atoms with Crippen molar-refractivity contribution in [2.75, 3.05) is 0 Å². The van der Waals surface area contributed by atoms with Gasteiger partial charge in [0.25, 0.3) is 0 Å². The summed E-state index contributed by atoms with van der Waals surface area (Å²) in [6.45, 7) is 0. The van der Waals surface area contributed by atoms with Crippen molar-refractivity contribution in [3.63, 3.8) is 0 Å². The summed E-state index contributed by atoms with van der Waals surface area (Å²) in [5, 5.41) is 4.68. The van der Waals surface area contributed by atoms with Gasteiger partial charge in [0.2, 0.25) is 5.89 Å². The number of aromatic nitrogens is 4. The first-order valence-corrected chi connectivity index (χ1v) is 17.3. The zero-order valence-corrected chi connectivity index (χ0v) is 27.4. The summed E-state index contributed by atoms with van der Waals surface area (Å²) in [4.78, 5) is 20.4. The molecule has 0 amide bonds. The number of fused-ring (bicyclic) bond motifs is 7. The molecule has 0 saturated heterocycles. The number of thiophene rings is 1. The summed E-state index contributed by atoms with van der Waals surface area (Å²) in [5.41, 5.74) is 7.27. The maximum Gasteiger partial charge on any atom is 0.227 e. The highest BCUT2D eigenvalue weighted by atomic mass is 32.1. The maximum atomic E-state index is 6.68. The van der Waals surface area contributed by atoms with Crippen molar-refractivity contribution >= 4 is 53.4 Å². The zero-order chi connectivity index (χ0) is 33.0. The maximum absolute atomic E-state index is 6.68. The molecule has 0 spiro atoms. The lowest BCUT2D eigenvalue weighted by Gasteiger charge is -2.10. The Hall–Kier alpha value is -6.50. The average Bonchev–Trinajstić information content (AvgIpc) is 3.81. The monoisotopic (exact) mass is 658 g/mol. The zero-order valence-electron chi connectivity index (χ0n) is 26.6. The van der Waals surface area contributed by atoms with Gasteiger partial charge in [-0.05, 0) is 46.2 Å². The minimum atomic E-state index is 0.542. The Balaban J connectivity index is 1.25. The van der Waals surface area contributed by atoms with E-state index in [9.17, 15) is 0 Å². The molecular weight excluding hydrogens is 633 g/mol. The molecule has 0 radical (unpaired) electrons. The van der Waals surface area contributed by atoms with Crippen molar-refractivity contribution < 1.29 is 4.42 Å². The van der Waals surface area contributed by atoms with Gasteiger partial charge in [-0.1, -0.05) is 133 Å². The molecule has 0 aliphatic rings. The van der Waals surface area contributed by atoms with Crippen molar-refractivity contribution in [2.24, 2.45) is 0 Å². The van der Waals surface area contributed by atoms with E-state index < -0.39 is 0 Å². The second-order valence-corrected chi connectivity index (χ2v) is 13.3. The Bertz CT molecular complexity index is 2850. The highest BCUT2D eigenvalue weighted by Gasteiger charge is 2.23. The van der Waals surface area contributed by atoms with Crippen LogP contribution in [-0.2, 0) is 0 Å². The van der Waals surface area contributed by atoms with Crippen molar-refractivity contribution in [3.05, 3.63) is 158 Å². The van der Waals surface area contributed by atoms with E-state index in [0.717, 1.165) is 54.6 Å². The summed E-state index contributed by atoms with van der Waals surface area (Å²) in [6, 6.07) is 54.0. The Morgan fingerprint density at radius 2 is 1.00 bits per heavy atom. The Kier molecular flexibility index (Phi) is 6.60. The molecule has 5 nitrogen and oxygen atoms in total. The summed E-state index contributed by atoms with van der Waals surface area (Å²) < 4.78 is 8.93. The van der Waals surface area contributed by atoms with Gasteiger partial charge in [0.1, 0.15) is 5.52 Å². The largest absolute Gasteiger partial charge is 0.435 e. The quantitative estimate of drug-likeness (QED) is 0.184. The van der Waals surface area contributed by atoms with Crippen molar-refractivity contribution in [3.8, 4) is 56.7 Å². The van der Waals surface area contributed by atoms with Crippen LogP contribution < -0.4 is 0 Å². The van der Waals surface area contributed by atoms with Gasteiger partial charge >= 0.3 is 0 Å². The molecule has 234 valence electrons. The molecule has 10 aromatic rings. The van der Waals surface area contributed by atoms with Crippen LogP contribution >= 0.6 is 11.3 Å². The van der Waals surface area contributed by atoms with Gasteiger partial charge < -0.3 is 4.42 Å². The first-order valence-electron chi connectivity index (χ1n) is 16.5. The lowest BCUT2D eigenvalue weighted by Crippen LogP contribution is -2.00. The van der Waals surface area contributed by atoms with Crippen molar-refractivity contribution in [1.82, 2.24) is 19.9 Å². The second kappa shape index (κ2) is 11.6. The lowest BCUT2D eigenvalue weighted by atomic mass is 10.0. The van der Waals surface area contributed by atoms with E-state index in [1.54, 1.807) is 11.3 Å². The third-order valence-corrected chi connectivity index (χ3v) is 10.3. The van der Waals surface area contributed by atoms with E-state index in [0.29, 0.717) is 23.4 Å². The number of hydrogen-bond donors (Lipinski definition) is 0. The fourth-order valence-corrected chi connectivity index (χ4v) is 7.91. The predicted octanol–water partition coefficient (Wildman–Crippen LogP) is 11.9. The summed E-state index contributed by atoms with van der Waals surface area (Å²) in [6.07, 6.45) is 0. The van der Waals surface area contributed by atoms with Crippen molar-refractivity contribution in [2.45, 2.75) is 0 Å². The molecule has 0 N–H and O–H groups in total. The number of rotatable bonds is 5. The lowest BCUT2D eigenvalue weighted by molar-refractivity contribution is 0.623. The fourth-order valence-electron chi connectivity index (χ4n) is 6.73. The Morgan fingerprint density at radius 3 is 1.72 bits per heavy atom. The van der Waals surface area contributed by atoms with Crippen molar-refractivity contribution in [1.29, 1.82) is 0 Å². The minimum absolute atomic E-state index is 0.542. The molecule has 7 aromatic carbocycles. The van der Waals surface area contributed by atoms with Gasteiger partial charge in [-0.2, -0.15) is 0 Å². The van der Waals surface area contributed by atoms with E-state index in [2.05, 4.69) is 91.0 Å². The highest BCUT2D eigenvalue weighted by molar-refractivity contribution is 7.26. The van der Waals surface area contributed by atoms with Gasteiger partial charge in [0.15, 0.2) is 23.1 Å². The van der Waals surface area contributed by atoms with Crippen LogP contribution in [0.3, 0.4) is 0 Å². The topological polar surface area (TPSA) is 64.7 Å². The van der Waals surface area contributed by atoms with Crippen LogP contribution in [0, 0.1) is 0 Å². The van der Waals surface area contributed by atoms with Gasteiger partial charge in [0.05, 0.1) is 4.70 Å². The molecule has 0 aliphatic carbocycles. The molecule has 0 fully saturated rings. The van der Waals surface area contributed by atoms with Gasteiger partial charge in [-0.15, -0.1) is 11.3 Å². The highest BCUT2D eigenvalue weighted by Crippen LogP contribution is 2.45. The molecule has 0 saturated carbocycles. The molecule has 3 heterocycles. The smallest absolute Gasteiger partial charge is 0.227 e. The third-order valence-electron chi connectivity index (χ3n) is 9.17. The van der Waals surface area contributed by atoms with E-state index in [4.69, 9.17) is 24.4 Å². The summed E-state index contributed by atoms with van der Waals surface area (Å²) in [5.74, 6) is 2.29. The predicted molar refractivity (Wildman–Crippen MR) is 205 cm³/mol. The van der Waals surface area contributed by atoms with E-state index in [1.165, 1.54) is 20.9 Å². The SMILES string of the molecule is c1ccc(-c2ccc(-c3nc(-c4ccccc4)nc(-c4cc5c(sc6ccc7ccccc7c65)c5oc(-c6ccccc6)nc45)n3)cc2)cc1. The summed E-state index contributed by atoms with van der Waals surface area (Å²) >= 11 is 1.73. The first kappa shape index (κ1) is 28.5. The molecule has 0 bridgehead atoms. The third kappa shape index (κ3) is 4.77. The van der Waals surface area contributed by atoms with E-state index >= 15 is 0 Å². The van der Waals surface area contributed by atoms with E-state index in [1.807, 2.05) is 66.7 Å². The minimum Gasteiger partial charge on any atom is -0.435 e. The molecule has 0 atom stereocenters. The average molecular weight is 659 g/mol. The second-order valence-electron chi connectivity index (χ2n) is 12.2. The van der Waals surface area contributed by atoms with Gasteiger partial charge in [-0.3, -0.25) is 0 Å². The van der Waals surface area contributed by atoms with Gasteiger partial charge in [-0.25, -0.2) is 19.9 Å². The Labute approximate surface area is 291 Å². The summed E-state index contributed by atoms with van der Waals surface area (Å²) in [7, 11) is 0. The van der Waals surface area contributed by atoms with Crippen LogP contribution in [-0.4, -0.2) is 19.9 Å². The number of oxazole rings is 1. The molecule has 3 aromatic heterocycles. The standard InChI is InChI=1S/C44H26N4OS/c1-4-12-27(13-5-1)28-20-22-31(23-21-28)42-46-41(30-15-6-2-7-16-30)47-43(48-42)35-26-34-37-33-19-11-10-14-29(33)24-25-36(37)50-40(34)39-38(35)45-44(49-39)32-17-8-3-9-18-32/h1-26H. The molecule has 6 heteroatoms. The fraction of sp³-hybridized carbons (Fsp3) is 0.